The summed E-state index contributed by atoms with van der Waals surface area (Å²) in [7, 11) is 3.00. The Kier molecular flexibility index (Phi) is 2.86. The molecule has 4 heteroatoms. The van der Waals surface area contributed by atoms with E-state index in [1.54, 1.807) is 19.2 Å². The van der Waals surface area contributed by atoms with Crippen molar-refractivity contribution in [1.82, 2.24) is 0 Å². The number of benzene rings is 1. The molecular weight excluding hydrogens is 211 g/mol. The molecule has 0 saturated heterocycles. The predicted molar refractivity (Wildman–Crippen MR) is 56.9 cm³/mol. The number of methoxy groups -OCH3 is 2. The second-order valence-electron chi connectivity index (χ2n) is 4.12. The van der Waals surface area contributed by atoms with Crippen LogP contribution in [0, 0.1) is 5.82 Å². The third-order valence-corrected chi connectivity index (χ3v) is 3.15. The van der Waals surface area contributed by atoms with Crippen molar-refractivity contribution >= 4 is 0 Å². The van der Waals surface area contributed by atoms with Crippen LogP contribution in [-0.2, 0) is 10.3 Å². The largest absolute Gasteiger partial charge is 0.494 e. The van der Waals surface area contributed by atoms with E-state index >= 15 is 0 Å². The zero-order chi connectivity index (χ0) is 11.8. The lowest BCUT2D eigenvalue weighted by Crippen LogP contribution is -2.46. The summed E-state index contributed by atoms with van der Waals surface area (Å²) in [4.78, 5) is 0. The Morgan fingerprint density at radius 1 is 1.38 bits per heavy atom. The van der Waals surface area contributed by atoms with E-state index in [2.05, 4.69) is 0 Å². The summed E-state index contributed by atoms with van der Waals surface area (Å²) in [6, 6.07) is 4.80. The number of halogens is 1. The molecule has 1 aromatic carbocycles. The van der Waals surface area contributed by atoms with Gasteiger partial charge in [0.25, 0.3) is 0 Å². The Hall–Kier alpha value is -1.13. The van der Waals surface area contributed by atoms with Crippen LogP contribution in [0.4, 0.5) is 4.39 Å². The van der Waals surface area contributed by atoms with E-state index in [-0.39, 0.29) is 11.9 Å². The fourth-order valence-electron chi connectivity index (χ4n) is 2.11. The molecule has 1 aliphatic carbocycles. The van der Waals surface area contributed by atoms with Crippen molar-refractivity contribution in [3.63, 3.8) is 0 Å². The summed E-state index contributed by atoms with van der Waals surface area (Å²) >= 11 is 0. The van der Waals surface area contributed by atoms with Gasteiger partial charge in [0.2, 0.25) is 0 Å². The molecule has 3 nitrogen and oxygen atoms in total. The normalized spacial score (nSPS) is 28.6. The third kappa shape index (κ3) is 1.68. The Balaban J connectivity index is 2.28. The lowest BCUT2D eigenvalue weighted by Gasteiger charge is -2.43. The van der Waals surface area contributed by atoms with Crippen LogP contribution in [0.15, 0.2) is 18.2 Å². The van der Waals surface area contributed by atoms with Gasteiger partial charge in [-0.05, 0) is 6.07 Å². The first kappa shape index (κ1) is 11.4. The van der Waals surface area contributed by atoms with E-state index in [4.69, 9.17) is 9.47 Å². The van der Waals surface area contributed by atoms with Crippen LogP contribution in [0.1, 0.15) is 18.4 Å². The van der Waals surface area contributed by atoms with Gasteiger partial charge in [0.1, 0.15) is 0 Å². The summed E-state index contributed by atoms with van der Waals surface area (Å²) in [5, 5.41) is 10.2. The van der Waals surface area contributed by atoms with Gasteiger partial charge in [-0.3, -0.25) is 0 Å². The first-order chi connectivity index (χ1) is 7.60. The second kappa shape index (κ2) is 4.03. The van der Waals surface area contributed by atoms with Crippen molar-refractivity contribution in [2.24, 2.45) is 0 Å². The van der Waals surface area contributed by atoms with Crippen LogP contribution >= 0.6 is 0 Å². The van der Waals surface area contributed by atoms with Crippen LogP contribution in [0.25, 0.3) is 0 Å². The average Bonchev–Trinajstić information content (AvgIpc) is 2.25. The van der Waals surface area contributed by atoms with Crippen LogP contribution in [0.3, 0.4) is 0 Å². The lowest BCUT2D eigenvalue weighted by atomic mass is 9.72. The minimum Gasteiger partial charge on any atom is -0.494 e. The molecule has 0 bridgehead atoms. The number of rotatable bonds is 3. The van der Waals surface area contributed by atoms with Gasteiger partial charge >= 0.3 is 0 Å². The third-order valence-electron chi connectivity index (χ3n) is 3.15. The van der Waals surface area contributed by atoms with Gasteiger partial charge in [0.15, 0.2) is 11.6 Å². The monoisotopic (exact) mass is 226 g/mol. The highest BCUT2D eigenvalue weighted by Crippen LogP contribution is 2.44. The van der Waals surface area contributed by atoms with Crippen molar-refractivity contribution in [2.45, 2.75) is 24.5 Å². The van der Waals surface area contributed by atoms with E-state index < -0.39 is 11.4 Å². The van der Waals surface area contributed by atoms with Crippen LogP contribution in [0.5, 0.6) is 5.75 Å². The molecule has 88 valence electrons. The van der Waals surface area contributed by atoms with Gasteiger partial charge in [-0.2, -0.15) is 0 Å². The van der Waals surface area contributed by atoms with E-state index in [1.807, 2.05) is 0 Å². The number of hydrogen-bond donors (Lipinski definition) is 1. The van der Waals surface area contributed by atoms with Crippen molar-refractivity contribution in [1.29, 1.82) is 0 Å². The Morgan fingerprint density at radius 2 is 2.06 bits per heavy atom. The van der Waals surface area contributed by atoms with Crippen LogP contribution in [-0.4, -0.2) is 25.4 Å². The quantitative estimate of drug-likeness (QED) is 0.854. The maximum Gasteiger partial charge on any atom is 0.171 e. The van der Waals surface area contributed by atoms with Crippen molar-refractivity contribution in [2.75, 3.05) is 14.2 Å². The highest BCUT2D eigenvalue weighted by molar-refractivity contribution is 5.36. The zero-order valence-corrected chi connectivity index (χ0v) is 9.37. The van der Waals surface area contributed by atoms with Gasteiger partial charge in [0.05, 0.1) is 18.8 Å². The molecule has 0 unspecified atom stereocenters. The first-order valence-corrected chi connectivity index (χ1v) is 5.19. The van der Waals surface area contributed by atoms with E-state index in [9.17, 15) is 9.50 Å². The minimum absolute atomic E-state index is 0.00982. The lowest BCUT2D eigenvalue weighted by molar-refractivity contribution is -0.134. The Bertz CT molecular complexity index is 386. The molecule has 1 aliphatic rings. The molecule has 1 saturated carbocycles. The van der Waals surface area contributed by atoms with E-state index in [0.717, 1.165) is 0 Å². The predicted octanol–water partition coefficient (Wildman–Crippen LogP) is 1.83. The molecule has 0 aromatic heterocycles. The molecule has 0 atom stereocenters. The SMILES string of the molecule is COc1cccc(C2(O)CC(OC)C2)c1F. The topological polar surface area (TPSA) is 38.7 Å². The van der Waals surface area contributed by atoms with Crippen molar-refractivity contribution < 1.29 is 19.0 Å². The smallest absolute Gasteiger partial charge is 0.171 e. The van der Waals surface area contributed by atoms with Crippen LogP contribution in [0.2, 0.25) is 0 Å². The molecular formula is C12H15FO3. The number of hydrogen-bond acceptors (Lipinski definition) is 3. The van der Waals surface area contributed by atoms with Crippen molar-refractivity contribution in [3.8, 4) is 5.75 Å². The van der Waals surface area contributed by atoms with E-state index in [0.29, 0.717) is 18.4 Å². The molecule has 1 fully saturated rings. The van der Waals surface area contributed by atoms with E-state index in [1.165, 1.54) is 13.2 Å². The fraction of sp³-hybridized carbons (Fsp3) is 0.500. The standard InChI is InChI=1S/C12H15FO3/c1-15-8-6-12(14,7-8)9-4-3-5-10(16-2)11(9)13/h3-5,8,14H,6-7H2,1-2H3. The summed E-state index contributed by atoms with van der Waals surface area (Å²) in [5.74, 6) is -0.325. The molecule has 16 heavy (non-hydrogen) atoms. The van der Waals surface area contributed by atoms with Crippen LogP contribution < -0.4 is 4.74 Å². The molecule has 2 rings (SSSR count). The summed E-state index contributed by atoms with van der Waals surface area (Å²) in [6.07, 6.45) is 0.858. The molecule has 0 spiro atoms. The zero-order valence-electron chi connectivity index (χ0n) is 9.37. The Morgan fingerprint density at radius 3 is 2.62 bits per heavy atom. The maximum atomic E-state index is 13.9. The summed E-state index contributed by atoms with van der Waals surface area (Å²) < 4.78 is 23.9. The van der Waals surface area contributed by atoms with Gasteiger partial charge in [-0.1, -0.05) is 12.1 Å². The van der Waals surface area contributed by atoms with Crippen molar-refractivity contribution in [3.05, 3.63) is 29.6 Å². The molecule has 0 radical (unpaired) electrons. The summed E-state index contributed by atoms with van der Waals surface area (Å²) in [6.45, 7) is 0. The van der Waals surface area contributed by atoms with Gasteiger partial charge in [-0.15, -0.1) is 0 Å². The average molecular weight is 226 g/mol. The number of aliphatic hydroxyl groups is 1. The maximum absolute atomic E-state index is 13.9. The highest BCUT2D eigenvalue weighted by Gasteiger charge is 2.46. The molecule has 0 heterocycles. The van der Waals surface area contributed by atoms with Gasteiger partial charge in [0, 0.05) is 25.5 Å². The fourth-order valence-corrected chi connectivity index (χ4v) is 2.11. The van der Waals surface area contributed by atoms with Gasteiger partial charge < -0.3 is 14.6 Å². The molecule has 0 amide bonds. The van der Waals surface area contributed by atoms with Gasteiger partial charge in [-0.25, -0.2) is 4.39 Å². The summed E-state index contributed by atoms with van der Waals surface area (Å²) in [5.41, 5.74) is -0.820. The molecule has 0 aliphatic heterocycles. The first-order valence-electron chi connectivity index (χ1n) is 5.19. The second-order valence-corrected chi connectivity index (χ2v) is 4.12. The number of ether oxygens (including phenoxy) is 2. The molecule has 1 aromatic rings. The Labute approximate surface area is 93.8 Å². The molecule has 1 N–H and O–H groups in total. The highest BCUT2D eigenvalue weighted by atomic mass is 19.1. The minimum atomic E-state index is -1.11.